The second kappa shape index (κ2) is 5.75. The van der Waals surface area contributed by atoms with Crippen LogP contribution in [0.5, 0.6) is 0 Å². The molecule has 1 heterocycles. The molecule has 0 saturated carbocycles. The third-order valence-corrected chi connectivity index (χ3v) is 2.77. The first-order chi connectivity index (χ1) is 7.08. The number of thioether (sulfide) groups is 1. The lowest BCUT2D eigenvalue weighted by atomic mass is 10.2. The van der Waals surface area contributed by atoms with Gasteiger partial charge in [0.05, 0.1) is 5.75 Å². The van der Waals surface area contributed by atoms with Crippen LogP contribution in [0.25, 0.3) is 0 Å². The first kappa shape index (κ1) is 12.0. The molecule has 0 aliphatic heterocycles. The summed E-state index contributed by atoms with van der Waals surface area (Å²) in [7, 11) is 0. The molecule has 0 atom stereocenters. The van der Waals surface area contributed by atoms with E-state index < -0.39 is 0 Å². The average Bonchev–Trinajstić information content (AvgIpc) is 2.10. The molecule has 1 aromatic heterocycles. The molecule has 0 spiro atoms. The lowest BCUT2D eigenvalue weighted by molar-refractivity contribution is 0.632. The largest absolute Gasteiger partial charge is 0.368 e. The zero-order valence-corrected chi connectivity index (χ0v) is 9.92. The monoisotopic (exact) mass is 227 g/mol. The standard InChI is InChI=1S/C9H17N5S/c1-6(2)3-4-15-5-7-12-8(10)14-9(11)13-7/h6H,3-5H2,1-2H3,(H4,10,11,12,13,14). The highest BCUT2D eigenvalue weighted by atomic mass is 32.2. The summed E-state index contributed by atoms with van der Waals surface area (Å²) < 4.78 is 0. The molecule has 0 aliphatic carbocycles. The van der Waals surface area contributed by atoms with E-state index in [1.807, 2.05) is 0 Å². The average molecular weight is 227 g/mol. The molecule has 6 heteroatoms. The quantitative estimate of drug-likeness (QED) is 0.737. The fourth-order valence-electron chi connectivity index (χ4n) is 1.00. The number of nitrogen functional groups attached to an aromatic ring is 2. The van der Waals surface area contributed by atoms with Crippen molar-refractivity contribution in [2.24, 2.45) is 5.92 Å². The molecular formula is C9H17N5S. The van der Waals surface area contributed by atoms with Crippen molar-refractivity contribution in [1.29, 1.82) is 0 Å². The summed E-state index contributed by atoms with van der Waals surface area (Å²) >= 11 is 1.79. The van der Waals surface area contributed by atoms with Gasteiger partial charge in [-0.05, 0) is 18.1 Å². The maximum atomic E-state index is 5.46. The van der Waals surface area contributed by atoms with Gasteiger partial charge in [-0.15, -0.1) is 0 Å². The molecule has 0 aliphatic rings. The molecule has 0 fully saturated rings. The molecular weight excluding hydrogens is 210 g/mol. The molecule has 1 rings (SSSR count). The molecule has 0 radical (unpaired) electrons. The Morgan fingerprint density at radius 3 is 2.27 bits per heavy atom. The summed E-state index contributed by atoms with van der Waals surface area (Å²) in [5.74, 6) is 3.62. The van der Waals surface area contributed by atoms with Crippen LogP contribution in [0.3, 0.4) is 0 Å². The van der Waals surface area contributed by atoms with E-state index >= 15 is 0 Å². The van der Waals surface area contributed by atoms with Crippen molar-refractivity contribution in [2.45, 2.75) is 26.0 Å². The zero-order chi connectivity index (χ0) is 11.3. The van der Waals surface area contributed by atoms with Crippen LogP contribution in [-0.4, -0.2) is 20.7 Å². The lowest BCUT2D eigenvalue weighted by Gasteiger charge is -2.04. The van der Waals surface area contributed by atoms with Crippen molar-refractivity contribution >= 4 is 23.7 Å². The Morgan fingerprint density at radius 2 is 1.73 bits per heavy atom. The highest BCUT2D eigenvalue weighted by molar-refractivity contribution is 7.98. The van der Waals surface area contributed by atoms with E-state index in [1.54, 1.807) is 11.8 Å². The number of aromatic nitrogens is 3. The van der Waals surface area contributed by atoms with E-state index in [1.165, 1.54) is 6.42 Å². The number of rotatable bonds is 5. The van der Waals surface area contributed by atoms with Crippen LogP contribution in [0.15, 0.2) is 0 Å². The summed E-state index contributed by atoms with van der Waals surface area (Å²) in [6.07, 6.45) is 1.20. The van der Waals surface area contributed by atoms with Crippen molar-refractivity contribution in [2.75, 3.05) is 17.2 Å². The summed E-state index contributed by atoms with van der Waals surface area (Å²) in [6, 6.07) is 0. The van der Waals surface area contributed by atoms with E-state index in [9.17, 15) is 0 Å². The van der Waals surface area contributed by atoms with Crippen molar-refractivity contribution < 1.29 is 0 Å². The van der Waals surface area contributed by atoms with Gasteiger partial charge in [-0.3, -0.25) is 0 Å². The van der Waals surface area contributed by atoms with Gasteiger partial charge < -0.3 is 11.5 Å². The Kier molecular flexibility index (Phi) is 4.61. The summed E-state index contributed by atoms with van der Waals surface area (Å²) in [5, 5.41) is 0. The summed E-state index contributed by atoms with van der Waals surface area (Å²) in [6.45, 7) is 4.42. The van der Waals surface area contributed by atoms with Gasteiger partial charge in [0.2, 0.25) is 11.9 Å². The van der Waals surface area contributed by atoms with Gasteiger partial charge in [0.25, 0.3) is 0 Å². The van der Waals surface area contributed by atoms with Crippen LogP contribution in [0.1, 0.15) is 26.1 Å². The summed E-state index contributed by atoms with van der Waals surface area (Å²) in [5.41, 5.74) is 10.9. The molecule has 15 heavy (non-hydrogen) atoms. The Bertz CT molecular complexity index is 295. The minimum Gasteiger partial charge on any atom is -0.368 e. The maximum absolute atomic E-state index is 5.46. The van der Waals surface area contributed by atoms with Gasteiger partial charge in [0.1, 0.15) is 5.82 Å². The van der Waals surface area contributed by atoms with Crippen LogP contribution >= 0.6 is 11.8 Å². The Labute approximate surface area is 94.1 Å². The fourth-order valence-corrected chi connectivity index (χ4v) is 2.10. The summed E-state index contributed by atoms with van der Waals surface area (Å²) in [4.78, 5) is 11.7. The number of anilines is 2. The molecule has 0 amide bonds. The zero-order valence-electron chi connectivity index (χ0n) is 9.10. The van der Waals surface area contributed by atoms with Crippen molar-refractivity contribution in [3.05, 3.63) is 5.82 Å². The molecule has 0 unspecified atom stereocenters. The van der Waals surface area contributed by atoms with Gasteiger partial charge in [0, 0.05) is 0 Å². The predicted octanol–water partition coefficient (Wildman–Crippen LogP) is 1.32. The number of nitrogens with zero attached hydrogens (tertiary/aromatic N) is 3. The van der Waals surface area contributed by atoms with Gasteiger partial charge >= 0.3 is 0 Å². The molecule has 84 valence electrons. The highest BCUT2D eigenvalue weighted by Crippen LogP contribution is 2.13. The fraction of sp³-hybridized carbons (Fsp3) is 0.667. The third kappa shape index (κ3) is 4.83. The predicted molar refractivity (Wildman–Crippen MR) is 64.3 cm³/mol. The van der Waals surface area contributed by atoms with Gasteiger partial charge in [0.15, 0.2) is 0 Å². The van der Waals surface area contributed by atoms with Crippen LogP contribution in [0, 0.1) is 5.92 Å². The molecule has 4 N–H and O–H groups in total. The van der Waals surface area contributed by atoms with Crippen LogP contribution in [-0.2, 0) is 5.75 Å². The van der Waals surface area contributed by atoms with E-state index in [2.05, 4.69) is 28.8 Å². The van der Waals surface area contributed by atoms with E-state index in [0.29, 0.717) is 5.82 Å². The lowest BCUT2D eigenvalue weighted by Crippen LogP contribution is -2.06. The Balaban J connectivity index is 2.37. The normalized spacial score (nSPS) is 10.9. The van der Waals surface area contributed by atoms with Gasteiger partial charge in [-0.1, -0.05) is 13.8 Å². The van der Waals surface area contributed by atoms with Crippen molar-refractivity contribution in [3.8, 4) is 0 Å². The van der Waals surface area contributed by atoms with Crippen molar-refractivity contribution in [3.63, 3.8) is 0 Å². The molecule has 1 aromatic rings. The van der Waals surface area contributed by atoms with E-state index in [4.69, 9.17) is 11.5 Å². The first-order valence-corrected chi connectivity index (χ1v) is 6.07. The molecule has 5 nitrogen and oxygen atoms in total. The second-order valence-corrected chi connectivity index (χ2v) is 4.81. The number of hydrogen-bond acceptors (Lipinski definition) is 6. The maximum Gasteiger partial charge on any atom is 0.225 e. The third-order valence-electron chi connectivity index (χ3n) is 1.79. The van der Waals surface area contributed by atoms with E-state index in [-0.39, 0.29) is 11.9 Å². The van der Waals surface area contributed by atoms with Gasteiger partial charge in [-0.25, -0.2) is 0 Å². The topological polar surface area (TPSA) is 90.7 Å². The highest BCUT2D eigenvalue weighted by Gasteiger charge is 2.02. The first-order valence-electron chi connectivity index (χ1n) is 4.91. The van der Waals surface area contributed by atoms with Crippen LogP contribution in [0.4, 0.5) is 11.9 Å². The molecule has 0 bridgehead atoms. The number of hydrogen-bond donors (Lipinski definition) is 2. The minimum absolute atomic E-state index is 0.196. The molecule has 0 saturated heterocycles. The Hall–Kier alpha value is -1.04. The number of nitrogens with two attached hydrogens (primary N) is 2. The van der Waals surface area contributed by atoms with E-state index in [0.717, 1.165) is 17.4 Å². The Morgan fingerprint density at radius 1 is 1.13 bits per heavy atom. The minimum atomic E-state index is 0.196. The molecule has 0 aromatic carbocycles. The smallest absolute Gasteiger partial charge is 0.225 e. The van der Waals surface area contributed by atoms with Crippen LogP contribution in [0.2, 0.25) is 0 Å². The second-order valence-electron chi connectivity index (χ2n) is 3.70. The SMILES string of the molecule is CC(C)CCSCc1nc(N)nc(N)n1. The van der Waals surface area contributed by atoms with Crippen LogP contribution < -0.4 is 11.5 Å². The van der Waals surface area contributed by atoms with Crippen molar-refractivity contribution in [1.82, 2.24) is 15.0 Å². The van der Waals surface area contributed by atoms with Gasteiger partial charge in [-0.2, -0.15) is 26.7 Å².